The molecule has 29 heavy (non-hydrogen) atoms. The van der Waals surface area contributed by atoms with Crippen molar-refractivity contribution in [3.05, 3.63) is 36.0 Å². The number of esters is 1. The number of nitrogens with zero attached hydrogens (tertiary/aromatic N) is 3. The number of carbonyl (C=O) groups excluding carboxylic acids is 2. The van der Waals surface area contributed by atoms with Gasteiger partial charge in [0.2, 0.25) is 11.8 Å². The van der Waals surface area contributed by atoms with Gasteiger partial charge in [-0.05, 0) is 12.1 Å². The van der Waals surface area contributed by atoms with Gasteiger partial charge in [-0.25, -0.2) is 0 Å². The van der Waals surface area contributed by atoms with Crippen LogP contribution in [-0.4, -0.2) is 65.2 Å². The Morgan fingerprint density at radius 3 is 2.72 bits per heavy atom. The first-order valence-electron chi connectivity index (χ1n) is 9.24. The summed E-state index contributed by atoms with van der Waals surface area (Å²) >= 11 is 0.991. The first-order chi connectivity index (χ1) is 14.0. The molecule has 0 fully saturated rings. The quantitative estimate of drug-likeness (QED) is 0.385. The number of nitrogens with one attached hydrogen (secondary N) is 1. The normalized spacial score (nSPS) is 11.7. The summed E-state index contributed by atoms with van der Waals surface area (Å²) < 4.78 is 18.3. The first-order valence-corrected chi connectivity index (χ1v) is 9.97. The van der Waals surface area contributed by atoms with Crippen molar-refractivity contribution >= 4 is 29.3 Å². The summed E-state index contributed by atoms with van der Waals surface area (Å²) in [4.78, 5) is 24.7. The second-order valence-electron chi connectivity index (χ2n) is 6.27. The molecule has 2 rings (SSSR count). The smallest absolute Gasteiger partial charge is 0.305 e. The number of aryl methyl sites for hydroxylation is 1. The van der Waals surface area contributed by atoms with Crippen LogP contribution in [0.2, 0.25) is 0 Å². The summed E-state index contributed by atoms with van der Waals surface area (Å²) in [6.07, 6.45) is -0.198. The molecule has 0 aliphatic heterocycles. The van der Waals surface area contributed by atoms with Gasteiger partial charge in [0.05, 0.1) is 25.3 Å². The Morgan fingerprint density at radius 1 is 1.28 bits per heavy atom. The minimum atomic E-state index is -0.757. The van der Waals surface area contributed by atoms with Crippen molar-refractivity contribution < 1.29 is 24.2 Å². The van der Waals surface area contributed by atoms with E-state index in [0.29, 0.717) is 37.6 Å². The second-order valence-corrected chi connectivity index (χ2v) is 6.80. The van der Waals surface area contributed by atoms with Gasteiger partial charge in [0.25, 0.3) is 0 Å². The van der Waals surface area contributed by atoms with Crippen molar-refractivity contribution in [1.82, 2.24) is 14.1 Å². The number of para-hydroxylation sites is 1. The summed E-state index contributed by atoms with van der Waals surface area (Å²) in [5.41, 5.74) is 1.40. The van der Waals surface area contributed by atoms with Gasteiger partial charge < -0.3 is 24.8 Å². The van der Waals surface area contributed by atoms with Crippen LogP contribution in [0, 0.1) is 0 Å². The highest BCUT2D eigenvalue weighted by molar-refractivity contribution is 6.99. The largest absolute Gasteiger partial charge is 0.473 e. The van der Waals surface area contributed by atoms with Crippen molar-refractivity contribution in [3.63, 3.8) is 0 Å². The van der Waals surface area contributed by atoms with Crippen LogP contribution in [0.1, 0.15) is 19.0 Å². The van der Waals surface area contributed by atoms with Gasteiger partial charge in [-0.15, -0.1) is 4.37 Å². The van der Waals surface area contributed by atoms with Gasteiger partial charge >= 0.3 is 5.97 Å². The zero-order valence-electron chi connectivity index (χ0n) is 16.5. The molecule has 1 unspecified atom stereocenters. The van der Waals surface area contributed by atoms with E-state index in [2.05, 4.69) is 18.8 Å². The van der Waals surface area contributed by atoms with E-state index >= 15 is 0 Å². The molecule has 0 saturated carbocycles. The molecular formula is C19H26N4O5S. The Bertz CT molecular complexity index is 771. The topological polar surface area (TPSA) is 114 Å². The molecule has 0 radical (unpaired) electrons. The Balaban J connectivity index is 1.70. The number of aliphatic hydroxyl groups excluding tert-OH is 1. The Hall–Kier alpha value is -2.56. The predicted octanol–water partition coefficient (Wildman–Crippen LogP) is 1.03. The van der Waals surface area contributed by atoms with Crippen LogP contribution in [0.3, 0.4) is 0 Å². The number of hydrogen-bond acceptors (Lipinski definition) is 9. The number of ether oxygens (including phenoxy) is 2. The molecule has 2 N–H and O–H groups in total. The monoisotopic (exact) mass is 422 g/mol. The highest BCUT2D eigenvalue weighted by atomic mass is 32.1. The fourth-order valence-corrected chi connectivity index (χ4v) is 3.09. The van der Waals surface area contributed by atoms with Gasteiger partial charge in [0.15, 0.2) is 0 Å². The van der Waals surface area contributed by atoms with Crippen LogP contribution < -0.4 is 15.0 Å². The number of hydrogen-bond donors (Lipinski definition) is 2. The molecule has 0 saturated heterocycles. The Kier molecular flexibility index (Phi) is 9.48. The lowest BCUT2D eigenvalue weighted by Gasteiger charge is -2.21. The zero-order valence-corrected chi connectivity index (χ0v) is 17.4. The molecule has 158 valence electrons. The van der Waals surface area contributed by atoms with E-state index in [1.165, 1.54) is 14.0 Å². The lowest BCUT2D eigenvalue weighted by molar-refractivity contribution is -0.140. The molecule has 0 spiro atoms. The van der Waals surface area contributed by atoms with E-state index in [4.69, 9.17) is 4.74 Å². The standard InChI is InChI=1S/C19H26N4O5S/c1-14(24)23(15-6-4-3-5-7-15)11-10-20-12-16(25)13-28-19-17(21-29-22-19)8-9-18(26)27-2/h3-7,16,20,25H,8-13H2,1-2H3. The summed E-state index contributed by atoms with van der Waals surface area (Å²) in [6.45, 7) is 2.87. The number of aliphatic hydroxyl groups is 1. The average Bonchev–Trinajstić information content (AvgIpc) is 3.18. The molecule has 1 aromatic heterocycles. The molecule has 10 heteroatoms. The third-order valence-electron chi connectivity index (χ3n) is 4.07. The molecule has 2 aromatic rings. The van der Waals surface area contributed by atoms with E-state index < -0.39 is 6.10 Å². The van der Waals surface area contributed by atoms with E-state index in [0.717, 1.165) is 17.4 Å². The SMILES string of the molecule is COC(=O)CCc1nsnc1OCC(O)CNCCN(C(C)=O)c1ccccc1. The Labute approximate surface area is 174 Å². The van der Waals surface area contributed by atoms with Gasteiger partial charge in [-0.3, -0.25) is 9.59 Å². The number of methoxy groups -OCH3 is 1. The average molecular weight is 423 g/mol. The van der Waals surface area contributed by atoms with Gasteiger partial charge in [-0.2, -0.15) is 4.37 Å². The highest BCUT2D eigenvalue weighted by Gasteiger charge is 2.14. The number of carbonyl (C=O) groups is 2. The number of anilines is 1. The maximum Gasteiger partial charge on any atom is 0.305 e. The predicted molar refractivity (Wildman–Crippen MR) is 109 cm³/mol. The molecule has 1 heterocycles. The fourth-order valence-electron chi connectivity index (χ4n) is 2.55. The molecule has 1 aromatic carbocycles. The lowest BCUT2D eigenvalue weighted by atomic mass is 10.2. The summed E-state index contributed by atoms with van der Waals surface area (Å²) in [5.74, 6) is -0.0505. The maximum absolute atomic E-state index is 11.8. The maximum atomic E-state index is 11.8. The number of rotatable bonds is 12. The van der Waals surface area contributed by atoms with Gasteiger partial charge in [0, 0.05) is 38.7 Å². The first kappa shape index (κ1) is 22.7. The van der Waals surface area contributed by atoms with Crippen molar-refractivity contribution in [3.8, 4) is 5.88 Å². The summed E-state index contributed by atoms with van der Waals surface area (Å²) in [5, 5.41) is 13.2. The molecule has 9 nitrogen and oxygen atoms in total. The van der Waals surface area contributed by atoms with Gasteiger partial charge in [-0.1, -0.05) is 18.2 Å². The molecule has 0 aliphatic rings. The highest BCUT2D eigenvalue weighted by Crippen LogP contribution is 2.17. The van der Waals surface area contributed by atoms with Crippen LogP contribution in [-0.2, 0) is 20.7 Å². The third-order valence-corrected chi connectivity index (χ3v) is 4.62. The molecule has 1 amide bonds. The van der Waals surface area contributed by atoms with Crippen molar-refractivity contribution in [2.75, 3.05) is 38.3 Å². The minimum Gasteiger partial charge on any atom is -0.473 e. The van der Waals surface area contributed by atoms with Gasteiger partial charge in [0.1, 0.15) is 18.4 Å². The Morgan fingerprint density at radius 2 is 2.03 bits per heavy atom. The number of aromatic nitrogens is 2. The van der Waals surface area contributed by atoms with Crippen molar-refractivity contribution in [2.24, 2.45) is 0 Å². The number of benzene rings is 1. The van der Waals surface area contributed by atoms with E-state index in [1.54, 1.807) is 4.90 Å². The van der Waals surface area contributed by atoms with Crippen molar-refractivity contribution in [1.29, 1.82) is 0 Å². The van der Waals surface area contributed by atoms with E-state index in [1.807, 2.05) is 30.3 Å². The van der Waals surface area contributed by atoms with Crippen LogP contribution in [0.5, 0.6) is 5.88 Å². The molecule has 1 atom stereocenters. The summed E-state index contributed by atoms with van der Waals surface area (Å²) in [7, 11) is 1.33. The molecular weight excluding hydrogens is 396 g/mol. The minimum absolute atomic E-state index is 0.0404. The second kappa shape index (κ2) is 12.1. The zero-order chi connectivity index (χ0) is 21.1. The van der Waals surface area contributed by atoms with E-state index in [9.17, 15) is 14.7 Å². The summed E-state index contributed by atoms with van der Waals surface area (Å²) in [6, 6.07) is 9.42. The molecule has 0 aliphatic carbocycles. The van der Waals surface area contributed by atoms with Crippen LogP contribution >= 0.6 is 11.7 Å². The van der Waals surface area contributed by atoms with Crippen LogP contribution in [0.15, 0.2) is 30.3 Å². The van der Waals surface area contributed by atoms with Crippen LogP contribution in [0.25, 0.3) is 0 Å². The molecule has 0 bridgehead atoms. The fraction of sp³-hybridized carbons (Fsp3) is 0.474. The van der Waals surface area contributed by atoms with E-state index in [-0.39, 0.29) is 24.9 Å². The third kappa shape index (κ3) is 7.76. The van der Waals surface area contributed by atoms with Crippen molar-refractivity contribution in [2.45, 2.75) is 25.9 Å². The lowest BCUT2D eigenvalue weighted by Crippen LogP contribution is -2.39. The van der Waals surface area contributed by atoms with Crippen LogP contribution in [0.4, 0.5) is 5.69 Å². The number of amides is 1.